The van der Waals surface area contributed by atoms with E-state index < -0.39 is 17.8 Å². The van der Waals surface area contributed by atoms with Crippen LogP contribution in [0.4, 0.5) is 4.79 Å². The van der Waals surface area contributed by atoms with E-state index in [0.717, 1.165) is 14.7 Å². The molecule has 2 N–H and O–H groups in total. The molecule has 8 heteroatoms. The molecular formula is C14H19N3O4S. The van der Waals surface area contributed by atoms with Crippen LogP contribution < -0.4 is 16.6 Å². The molecule has 0 saturated heterocycles. The Bertz CT molecular complexity index is 818. The Labute approximate surface area is 130 Å². The minimum Gasteiger partial charge on any atom is -0.394 e. The number of amides is 1. The first kappa shape index (κ1) is 16.4. The molecule has 0 spiro atoms. The number of hydrogen-bond acceptors (Lipinski definition) is 5. The number of thiophene rings is 1. The molecule has 2 rings (SSSR count). The zero-order valence-electron chi connectivity index (χ0n) is 12.8. The summed E-state index contributed by atoms with van der Waals surface area (Å²) < 4.78 is 2.07. The summed E-state index contributed by atoms with van der Waals surface area (Å²) in [5, 5.41) is 13.7. The topological polar surface area (TPSA) is 93.3 Å². The lowest BCUT2D eigenvalue weighted by Gasteiger charge is -2.14. The Hall–Kier alpha value is -1.93. The van der Waals surface area contributed by atoms with Crippen molar-refractivity contribution in [1.82, 2.24) is 14.5 Å². The zero-order valence-corrected chi connectivity index (χ0v) is 13.6. The zero-order chi connectivity index (χ0) is 16.4. The van der Waals surface area contributed by atoms with Gasteiger partial charge in [-0.3, -0.25) is 9.36 Å². The molecule has 2 aromatic rings. The summed E-state index contributed by atoms with van der Waals surface area (Å²) in [6, 6.07) is -1.12. The average molecular weight is 325 g/mol. The standard InChI is InChI=1S/C14H19N3O4S/c1-4-5-16-11(19)10-8(2)7-22-12(10)17(14(16)21)13(20)15-9(3)6-18/h7,9,18H,4-6H2,1-3H3,(H,15,20)/t9-/m1/s1. The van der Waals surface area contributed by atoms with Gasteiger partial charge in [-0.05, 0) is 31.2 Å². The van der Waals surface area contributed by atoms with Crippen molar-refractivity contribution in [3.05, 3.63) is 31.8 Å². The number of hydrogen-bond donors (Lipinski definition) is 2. The van der Waals surface area contributed by atoms with Crippen molar-refractivity contribution in [2.24, 2.45) is 0 Å². The predicted molar refractivity (Wildman–Crippen MR) is 85.9 cm³/mol. The Morgan fingerprint density at radius 2 is 2.14 bits per heavy atom. The fourth-order valence-corrected chi connectivity index (χ4v) is 3.24. The third-order valence-corrected chi connectivity index (χ3v) is 4.42. The number of nitrogens with zero attached hydrogens (tertiary/aromatic N) is 2. The molecular weight excluding hydrogens is 306 g/mol. The summed E-state index contributed by atoms with van der Waals surface area (Å²) in [6.45, 7) is 5.28. The summed E-state index contributed by atoms with van der Waals surface area (Å²) in [5.41, 5.74) is -0.268. The molecule has 22 heavy (non-hydrogen) atoms. The molecule has 7 nitrogen and oxygen atoms in total. The third kappa shape index (κ3) is 2.71. The molecule has 0 saturated carbocycles. The fourth-order valence-electron chi connectivity index (χ4n) is 2.21. The fraction of sp³-hybridized carbons (Fsp3) is 0.500. The monoisotopic (exact) mass is 325 g/mol. The van der Waals surface area contributed by atoms with Crippen LogP contribution in [-0.2, 0) is 6.54 Å². The van der Waals surface area contributed by atoms with Gasteiger partial charge in [-0.15, -0.1) is 11.3 Å². The summed E-state index contributed by atoms with van der Waals surface area (Å²) in [5.74, 6) is 0. The van der Waals surface area contributed by atoms with E-state index in [2.05, 4.69) is 5.32 Å². The van der Waals surface area contributed by atoms with Crippen LogP contribution >= 0.6 is 11.3 Å². The first-order chi connectivity index (χ1) is 10.4. The summed E-state index contributed by atoms with van der Waals surface area (Å²) >= 11 is 1.18. The van der Waals surface area contributed by atoms with Crippen LogP contribution in [0.2, 0.25) is 0 Å². The summed E-state index contributed by atoms with van der Waals surface area (Å²) in [6.07, 6.45) is 0.610. The van der Waals surface area contributed by atoms with Gasteiger partial charge in [0.05, 0.1) is 18.0 Å². The van der Waals surface area contributed by atoms with Crippen molar-refractivity contribution in [3.63, 3.8) is 0 Å². The first-order valence-electron chi connectivity index (χ1n) is 7.07. The average Bonchev–Trinajstić information content (AvgIpc) is 2.85. The largest absolute Gasteiger partial charge is 0.394 e. The van der Waals surface area contributed by atoms with E-state index in [1.807, 2.05) is 6.92 Å². The molecule has 0 unspecified atom stereocenters. The minimum atomic E-state index is -0.649. The first-order valence-corrected chi connectivity index (χ1v) is 7.95. The lowest BCUT2D eigenvalue weighted by Crippen LogP contribution is -2.47. The molecule has 2 aromatic heterocycles. The van der Waals surface area contributed by atoms with Gasteiger partial charge in [0.25, 0.3) is 5.56 Å². The highest BCUT2D eigenvalue weighted by atomic mass is 32.1. The van der Waals surface area contributed by atoms with Crippen molar-refractivity contribution in [3.8, 4) is 0 Å². The smallest absolute Gasteiger partial charge is 0.340 e. The van der Waals surface area contributed by atoms with E-state index in [1.54, 1.807) is 19.2 Å². The van der Waals surface area contributed by atoms with E-state index in [-0.39, 0.29) is 18.7 Å². The van der Waals surface area contributed by atoms with Crippen molar-refractivity contribution >= 4 is 27.6 Å². The number of aliphatic hydroxyl groups is 1. The lowest BCUT2D eigenvalue weighted by atomic mass is 10.2. The number of carbonyl (C=O) groups is 1. The molecule has 0 bridgehead atoms. The van der Waals surface area contributed by atoms with E-state index in [1.165, 1.54) is 11.3 Å². The van der Waals surface area contributed by atoms with Gasteiger partial charge in [0.2, 0.25) is 0 Å². The third-order valence-electron chi connectivity index (χ3n) is 3.33. The van der Waals surface area contributed by atoms with E-state index in [9.17, 15) is 14.4 Å². The van der Waals surface area contributed by atoms with Gasteiger partial charge >= 0.3 is 11.7 Å². The maximum Gasteiger partial charge on any atom is 0.340 e. The second kappa shape index (κ2) is 6.45. The normalized spacial score (nSPS) is 12.5. The van der Waals surface area contributed by atoms with Crippen LogP contribution in [0.5, 0.6) is 0 Å². The maximum absolute atomic E-state index is 12.5. The van der Waals surface area contributed by atoms with E-state index in [0.29, 0.717) is 16.6 Å². The Morgan fingerprint density at radius 3 is 2.73 bits per heavy atom. The van der Waals surface area contributed by atoms with Crippen molar-refractivity contribution in [2.45, 2.75) is 39.8 Å². The molecule has 0 aromatic carbocycles. The van der Waals surface area contributed by atoms with Crippen LogP contribution in [0.3, 0.4) is 0 Å². The highest BCUT2D eigenvalue weighted by molar-refractivity contribution is 7.17. The second-order valence-corrected chi connectivity index (χ2v) is 6.06. The maximum atomic E-state index is 12.5. The van der Waals surface area contributed by atoms with E-state index >= 15 is 0 Å². The van der Waals surface area contributed by atoms with Gasteiger partial charge in [-0.2, -0.15) is 0 Å². The molecule has 0 aliphatic heterocycles. The van der Waals surface area contributed by atoms with Crippen LogP contribution in [-0.4, -0.2) is 32.9 Å². The highest BCUT2D eigenvalue weighted by Gasteiger charge is 2.21. The number of carbonyl (C=O) groups excluding carboxylic acids is 1. The van der Waals surface area contributed by atoms with Crippen LogP contribution in [0.25, 0.3) is 10.2 Å². The van der Waals surface area contributed by atoms with Gasteiger partial charge in [-0.1, -0.05) is 6.92 Å². The number of aromatic nitrogens is 2. The molecule has 0 aliphatic rings. The minimum absolute atomic E-state index is 0.234. The van der Waals surface area contributed by atoms with E-state index in [4.69, 9.17) is 5.11 Å². The van der Waals surface area contributed by atoms with Crippen LogP contribution in [0.15, 0.2) is 15.0 Å². The predicted octanol–water partition coefficient (Wildman–Crippen LogP) is 0.882. The van der Waals surface area contributed by atoms with Gasteiger partial charge < -0.3 is 10.4 Å². The summed E-state index contributed by atoms with van der Waals surface area (Å²) in [7, 11) is 0. The van der Waals surface area contributed by atoms with Crippen LogP contribution in [0.1, 0.15) is 25.8 Å². The van der Waals surface area contributed by atoms with Gasteiger partial charge in [0.1, 0.15) is 4.83 Å². The summed E-state index contributed by atoms with van der Waals surface area (Å²) in [4.78, 5) is 37.7. The molecule has 120 valence electrons. The van der Waals surface area contributed by atoms with Crippen molar-refractivity contribution in [1.29, 1.82) is 0 Å². The molecule has 2 heterocycles. The van der Waals surface area contributed by atoms with Gasteiger partial charge in [-0.25, -0.2) is 14.2 Å². The Morgan fingerprint density at radius 1 is 1.45 bits per heavy atom. The van der Waals surface area contributed by atoms with Crippen molar-refractivity contribution < 1.29 is 9.90 Å². The molecule has 1 amide bonds. The Kier molecular flexibility index (Phi) is 4.82. The Balaban J connectivity index is 2.75. The number of rotatable bonds is 4. The molecule has 0 radical (unpaired) electrons. The van der Waals surface area contributed by atoms with Gasteiger partial charge in [0.15, 0.2) is 0 Å². The number of aryl methyl sites for hydroxylation is 1. The second-order valence-electron chi connectivity index (χ2n) is 5.21. The van der Waals surface area contributed by atoms with Gasteiger partial charge in [0, 0.05) is 6.54 Å². The number of nitrogens with one attached hydrogen (secondary N) is 1. The molecule has 0 aliphatic carbocycles. The number of aliphatic hydroxyl groups excluding tert-OH is 1. The quantitative estimate of drug-likeness (QED) is 0.873. The van der Waals surface area contributed by atoms with Crippen LogP contribution in [0, 0.1) is 6.92 Å². The highest BCUT2D eigenvalue weighted by Crippen LogP contribution is 2.20. The lowest BCUT2D eigenvalue weighted by molar-refractivity contribution is 0.221. The van der Waals surface area contributed by atoms with Crippen molar-refractivity contribution in [2.75, 3.05) is 6.61 Å². The SMILES string of the molecule is CCCn1c(=O)c2c(C)csc2n(C(=O)N[C@H](C)CO)c1=O. The number of fused-ring (bicyclic) bond motifs is 1. The molecule has 0 fully saturated rings. The molecule has 1 atom stereocenters.